The molecule has 0 spiro atoms. The van der Waals surface area contributed by atoms with Gasteiger partial charge in [-0.25, -0.2) is 0 Å². The predicted molar refractivity (Wildman–Crippen MR) is 78.4 cm³/mol. The van der Waals surface area contributed by atoms with Crippen LogP contribution in [0.25, 0.3) is 0 Å². The van der Waals surface area contributed by atoms with E-state index in [1.54, 1.807) is 0 Å². The average molecular weight is 341 g/mol. The van der Waals surface area contributed by atoms with Crippen LogP contribution in [-0.2, 0) is 11.2 Å². The Bertz CT molecular complexity index is 614. The minimum Gasteiger partial charge on any atom is -0.507 e. The monoisotopic (exact) mass is 341 g/mol. The van der Waals surface area contributed by atoms with Crippen molar-refractivity contribution in [2.24, 2.45) is 0 Å². The number of aliphatic hydroxyl groups is 4. The van der Waals surface area contributed by atoms with Gasteiger partial charge in [0.25, 0.3) is 0 Å². The van der Waals surface area contributed by atoms with E-state index in [0.29, 0.717) is 0 Å². The molecule has 1 fully saturated rings. The van der Waals surface area contributed by atoms with Crippen LogP contribution in [0.5, 0.6) is 17.2 Å². The predicted octanol–water partition coefficient (Wildman–Crippen LogP) is -1.35. The summed E-state index contributed by atoms with van der Waals surface area (Å²) in [5.74, 6) is 0.0191. The summed E-state index contributed by atoms with van der Waals surface area (Å²) >= 11 is 0. The number of hydrogen-bond donors (Lipinski definition) is 5. The highest BCUT2D eigenvalue weighted by molar-refractivity contribution is 5.51. The van der Waals surface area contributed by atoms with Gasteiger partial charge >= 0.3 is 0 Å². The Labute approximate surface area is 137 Å². The fourth-order valence-corrected chi connectivity index (χ4v) is 2.36. The smallest absolute Gasteiger partial charge is 0.229 e. The highest BCUT2D eigenvalue weighted by Crippen LogP contribution is 2.36. The van der Waals surface area contributed by atoms with Crippen LogP contribution in [0, 0.1) is 11.3 Å². The summed E-state index contributed by atoms with van der Waals surface area (Å²) in [6, 6.07) is 4.48. The molecule has 9 nitrogen and oxygen atoms in total. The Hall–Kier alpha value is -2.09. The summed E-state index contributed by atoms with van der Waals surface area (Å²) in [7, 11) is 1.33. The molecule has 1 aliphatic rings. The molecule has 5 unspecified atom stereocenters. The number of aromatic hydroxyl groups is 1. The van der Waals surface area contributed by atoms with Gasteiger partial charge in [0.15, 0.2) is 11.5 Å². The second-order valence-electron chi connectivity index (χ2n) is 5.28. The van der Waals surface area contributed by atoms with Gasteiger partial charge in [-0.3, -0.25) is 0 Å². The zero-order valence-corrected chi connectivity index (χ0v) is 12.9. The lowest BCUT2D eigenvalue weighted by atomic mass is 9.99. The average Bonchev–Trinajstić information content (AvgIpc) is 2.58. The molecule has 0 radical (unpaired) electrons. The second kappa shape index (κ2) is 7.65. The number of nitrogens with zero attached hydrogens (tertiary/aromatic N) is 1. The third kappa shape index (κ3) is 3.53. The van der Waals surface area contributed by atoms with Crippen molar-refractivity contribution in [3.8, 4) is 23.3 Å². The molecule has 1 saturated heterocycles. The largest absolute Gasteiger partial charge is 0.507 e. The Morgan fingerprint density at radius 2 is 1.88 bits per heavy atom. The molecule has 0 aliphatic carbocycles. The van der Waals surface area contributed by atoms with Crippen molar-refractivity contribution in [2.75, 3.05) is 13.7 Å². The highest BCUT2D eigenvalue weighted by atomic mass is 16.7. The van der Waals surface area contributed by atoms with Gasteiger partial charge in [0, 0.05) is 11.6 Å². The Morgan fingerprint density at radius 3 is 2.46 bits per heavy atom. The topological polar surface area (TPSA) is 153 Å². The van der Waals surface area contributed by atoms with Gasteiger partial charge in [-0.1, -0.05) is 0 Å². The number of methoxy groups -OCH3 is 1. The van der Waals surface area contributed by atoms with Crippen LogP contribution < -0.4 is 9.47 Å². The van der Waals surface area contributed by atoms with Crippen molar-refractivity contribution in [2.45, 2.75) is 37.1 Å². The second-order valence-corrected chi connectivity index (χ2v) is 5.28. The van der Waals surface area contributed by atoms with E-state index in [0.717, 1.165) is 0 Å². The lowest BCUT2D eigenvalue weighted by Crippen LogP contribution is -2.60. The van der Waals surface area contributed by atoms with Crippen LogP contribution in [0.2, 0.25) is 0 Å². The first-order chi connectivity index (χ1) is 11.4. The molecule has 1 aromatic carbocycles. The third-order valence-corrected chi connectivity index (χ3v) is 3.73. The molecular formula is C15H19NO8. The van der Waals surface area contributed by atoms with Crippen LogP contribution in [0.3, 0.4) is 0 Å². The lowest BCUT2D eigenvalue weighted by molar-refractivity contribution is -0.277. The maximum absolute atomic E-state index is 9.99. The molecule has 0 saturated carbocycles. The molecule has 5 atom stereocenters. The number of phenols is 1. The maximum atomic E-state index is 9.99. The highest BCUT2D eigenvalue weighted by Gasteiger charge is 2.45. The van der Waals surface area contributed by atoms with E-state index >= 15 is 0 Å². The third-order valence-electron chi connectivity index (χ3n) is 3.73. The van der Waals surface area contributed by atoms with Crippen molar-refractivity contribution < 1.29 is 39.7 Å². The molecule has 1 aromatic rings. The summed E-state index contributed by atoms with van der Waals surface area (Å²) < 4.78 is 15.8. The summed E-state index contributed by atoms with van der Waals surface area (Å²) in [5.41, 5.74) is 0.276. The number of benzene rings is 1. The summed E-state index contributed by atoms with van der Waals surface area (Å²) in [6.07, 6.45) is -7.26. The summed E-state index contributed by atoms with van der Waals surface area (Å²) in [4.78, 5) is 0. The van der Waals surface area contributed by atoms with E-state index in [-0.39, 0.29) is 29.2 Å². The number of aliphatic hydroxyl groups excluding tert-OH is 4. The molecule has 1 heterocycles. The molecule has 0 amide bonds. The van der Waals surface area contributed by atoms with Crippen molar-refractivity contribution in [3.63, 3.8) is 0 Å². The van der Waals surface area contributed by atoms with Gasteiger partial charge in [-0.05, 0) is 6.07 Å². The molecular weight excluding hydrogens is 322 g/mol. The number of ether oxygens (including phenoxy) is 3. The fraction of sp³-hybridized carbons (Fsp3) is 0.533. The minimum absolute atomic E-state index is 0.0601. The van der Waals surface area contributed by atoms with Gasteiger partial charge in [-0.2, -0.15) is 5.26 Å². The number of nitriles is 1. The van der Waals surface area contributed by atoms with Gasteiger partial charge in [0.05, 0.1) is 26.2 Å². The first-order valence-electron chi connectivity index (χ1n) is 7.17. The maximum Gasteiger partial charge on any atom is 0.229 e. The first kappa shape index (κ1) is 18.3. The van der Waals surface area contributed by atoms with Crippen LogP contribution in [0.1, 0.15) is 5.56 Å². The van der Waals surface area contributed by atoms with Gasteiger partial charge in [0.1, 0.15) is 30.2 Å². The fourth-order valence-electron chi connectivity index (χ4n) is 2.36. The Balaban J connectivity index is 2.29. The minimum atomic E-state index is -1.58. The standard InChI is InChI=1S/C15H19NO8/c1-22-9-5-8(18)7(2-3-16)4-10(9)23-15-14(21)13(20)12(19)11(6-17)24-15/h4-5,11-15,17-21H,2,6H2,1H3. The molecule has 24 heavy (non-hydrogen) atoms. The molecule has 132 valence electrons. The van der Waals surface area contributed by atoms with Gasteiger partial charge in [-0.15, -0.1) is 0 Å². The van der Waals surface area contributed by atoms with Crippen LogP contribution in [0.15, 0.2) is 12.1 Å². The van der Waals surface area contributed by atoms with Crippen molar-refractivity contribution in [1.29, 1.82) is 5.26 Å². The van der Waals surface area contributed by atoms with Crippen LogP contribution in [0.4, 0.5) is 0 Å². The molecule has 5 N–H and O–H groups in total. The zero-order valence-electron chi connectivity index (χ0n) is 12.9. The van der Waals surface area contributed by atoms with E-state index in [4.69, 9.17) is 19.5 Å². The molecule has 0 bridgehead atoms. The first-order valence-corrected chi connectivity index (χ1v) is 7.17. The van der Waals surface area contributed by atoms with Crippen molar-refractivity contribution in [3.05, 3.63) is 17.7 Å². The molecule has 2 rings (SSSR count). The Kier molecular flexibility index (Phi) is 5.82. The summed E-state index contributed by atoms with van der Waals surface area (Å²) in [6.45, 7) is -0.586. The Morgan fingerprint density at radius 1 is 1.17 bits per heavy atom. The quantitative estimate of drug-likeness (QED) is 0.437. The lowest BCUT2D eigenvalue weighted by Gasteiger charge is -2.39. The van der Waals surface area contributed by atoms with Crippen LogP contribution in [-0.4, -0.2) is 70.0 Å². The van der Waals surface area contributed by atoms with E-state index in [2.05, 4.69) is 0 Å². The number of hydrogen-bond acceptors (Lipinski definition) is 9. The number of rotatable bonds is 5. The van der Waals surface area contributed by atoms with Crippen molar-refractivity contribution in [1.82, 2.24) is 0 Å². The molecule has 9 heteroatoms. The van der Waals surface area contributed by atoms with Crippen LogP contribution >= 0.6 is 0 Å². The summed E-state index contributed by atoms with van der Waals surface area (Å²) in [5, 5.41) is 57.3. The zero-order chi connectivity index (χ0) is 17.9. The number of phenolic OH excluding ortho intramolecular Hbond substituents is 1. The van der Waals surface area contributed by atoms with E-state index in [1.807, 2.05) is 6.07 Å². The normalized spacial score (nSPS) is 29.8. The van der Waals surface area contributed by atoms with Crippen molar-refractivity contribution >= 4 is 0 Å². The molecule has 1 aliphatic heterocycles. The molecule has 0 aromatic heterocycles. The SMILES string of the molecule is COc1cc(O)c(CC#N)cc1OC1OC(CO)C(O)C(O)C1O. The van der Waals surface area contributed by atoms with E-state index < -0.39 is 37.3 Å². The van der Waals surface area contributed by atoms with E-state index in [9.17, 15) is 25.5 Å². The van der Waals surface area contributed by atoms with Gasteiger partial charge < -0.3 is 39.7 Å². The van der Waals surface area contributed by atoms with Gasteiger partial charge in [0.2, 0.25) is 6.29 Å². The van der Waals surface area contributed by atoms with E-state index in [1.165, 1.54) is 19.2 Å².